The van der Waals surface area contributed by atoms with E-state index in [0.717, 1.165) is 64.2 Å². The molecule has 0 aliphatic carbocycles. The molecule has 0 spiro atoms. The van der Waals surface area contributed by atoms with Crippen LogP contribution in [-0.2, 0) is 38.0 Å². The van der Waals surface area contributed by atoms with E-state index in [4.69, 9.17) is 28.4 Å². The molecule has 2 aliphatic heterocycles. The molecule has 0 saturated carbocycles. The summed E-state index contributed by atoms with van der Waals surface area (Å²) in [7, 11) is 0. The first-order valence-corrected chi connectivity index (χ1v) is 23.4. The molecule has 11 atom stereocenters. The molecule has 0 radical (unpaired) electrons. The Hall–Kier alpha value is -2.02. The van der Waals surface area contributed by atoms with Crippen molar-refractivity contribution in [2.75, 3.05) is 26.4 Å². The van der Waals surface area contributed by atoms with Crippen LogP contribution in [0.3, 0.4) is 0 Å². The second kappa shape index (κ2) is 34.4. The molecule has 0 bridgehead atoms. The lowest BCUT2D eigenvalue weighted by atomic mass is 9.98. The minimum Gasteiger partial charge on any atom is -0.462 e. The number of rotatable bonds is 35. The summed E-state index contributed by atoms with van der Waals surface area (Å²) in [6, 6.07) is 0. The molecule has 0 aromatic heterocycles. The topological polar surface area (TPSA) is 231 Å². The summed E-state index contributed by atoms with van der Waals surface area (Å²) in [5, 5.41) is 71.8. The van der Waals surface area contributed by atoms with Gasteiger partial charge in [0.25, 0.3) is 0 Å². The number of carbonyl (C=O) groups excluding carboxylic acids is 2. The molecule has 0 aromatic carbocycles. The van der Waals surface area contributed by atoms with Gasteiger partial charge in [-0.15, -0.1) is 0 Å². The quantitative estimate of drug-likeness (QED) is 0.0246. The van der Waals surface area contributed by atoms with Gasteiger partial charge >= 0.3 is 11.9 Å². The van der Waals surface area contributed by atoms with Crippen molar-refractivity contribution in [1.82, 2.24) is 0 Å². The fourth-order valence-electron chi connectivity index (χ4n) is 7.23. The Morgan fingerprint density at radius 3 is 1.57 bits per heavy atom. The van der Waals surface area contributed by atoms with Gasteiger partial charge in [-0.3, -0.25) is 9.59 Å². The average molecular weight is 875 g/mol. The molecular weight excluding hydrogens is 792 g/mol. The molecule has 356 valence electrons. The van der Waals surface area contributed by atoms with E-state index in [-0.39, 0.29) is 26.1 Å². The smallest absolute Gasteiger partial charge is 0.306 e. The van der Waals surface area contributed by atoms with Crippen molar-refractivity contribution in [2.45, 2.75) is 229 Å². The predicted octanol–water partition coefficient (Wildman–Crippen LogP) is 5.21. The molecule has 2 heterocycles. The van der Waals surface area contributed by atoms with Crippen LogP contribution in [-0.4, -0.2) is 142 Å². The Morgan fingerprint density at radius 1 is 0.525 bits per heavy atom. The Morgan fingerprint density at radius 2 is 1.00 bits per heavy atom. The lowest BCUT2D eigenvalue weighted by Gasteiger charge is -2.42. The third-order valence-corrected chi connectivity index (χ3v) is 11.2. The van der Waals surface area contributed by atoms with Gasteiger partial charge in [0.15, 0.2) is 18.7 Å². The number of aliphatic hydroxyl groups excluding tert-OH is 7. The second-order valence-corrected chi connectivity index (χ2v) is 16.6. The molecule has 0 aromatic rings. The first-order chi connectivity index (χ1) is 29.5. The minimum absolute atomic E-state index is 0.165. The van der Waals surface area contributed by atoms with E-state index in [1.54, 1.807) is 0 Å². The number of carbonyl (C=O) groups is 2. The van der Waals surface area contributed by atoms with Crippen LogP contribution < -0.4 is 0 Å². The monoisotopic (exact) mass is 875 g/mol. The van der Waals surface area contributed by atoms with Gasteiger partial charge in [-0.1, -0.05) is 134 Å². The molecule has 2 rings (SSSR count). The zero-order chi connectivity index (χ0) is 44.7. The summed E-state index contributed by atoms with van der Waals surface area (Å²) in [6.45, 7) is 2.51. The maximum Gasteiger partial charge on any atom is 0.306 e. The van der Waals surface area contributed by atoms with Crippen LogP contribution in [0.4, 0.5) is 0 Å². The van der Waals surface area contributed by atoms with Gasteiger partial charge < -0.3 is 64.2 Å². The maximum atomic E-state index is 12.9. The highest BCUT2D eigenvalue weighted by Gasteiger charge is 2.47. The van der Waals surface area contributed by atoms with Crippen LogP contribution in [0.2, 0.25) is 0 Å². The maximum absolute atomic E-state index is 12.9. The Kier molecular flexibility index (Phi) is 31.1. The summed E-state index contributed by atoms with van der Waals surface area (Å²) in [4.78, 5) is 25.6. The van der Waals surface area contributed by atoms with Gasteiger partial charge in [-0.25, -0.2) is 0 Å². The fourth-order valence-corrected chi connectivity index (χ4v) is 7.23. The van der Waals surface area contributed by atoms with Crippen LogP contribution >= 0.6 is 0 Å². The summed E-state index contributed by atoms with van der Waals surface area (Å²) < 4.78 is 33.4. The van der Waals surface area contributed by atoms with Crippen molar-refractivity contribution in [3.8, 4) is 0 Å². The molecule has 0 amide bonds. The number of esters is 2. The summed E-state index contributed by atoms with van der Waals surface area (Å²) in [6.07, 6.45) is 15.0. The third kappa shape index (κ3) is 23.5. The van der Waals surface area contributed by atoms with Crippen LogP contribution in [0.25, 0.3) is 0 Å². The van der Waals surface area contributed by atoms with Gasteiger partial charge in [0.2, 0.25) is 0 Å². The van der Waals surface area contributed by atoms with Gasteiger partial charge in [-0.05, 0) is 38.5 Å². The average Bonchev–Trinajstić information content (AvgIpc) is 3.25. The standard InChI is InChI=1S/C46H82O15/c1-3-5-7-9-11-13-15-16-17-19-20-22-24-26-28-37(48)56-31-34(59-38(49)29-27-25-23-21-18-14-12-10-8-6-4-2)32-57-45-44(55)42(53)40(51)36(61-45)33-58-46-43(54)41(52)39(50)35(30-47)60-46/h9,11,15-16,34-36,39-47,50-55H,3-8,10,12-14,17-33H2,1-2H3/b11-9+,16-15+/t34-,35-,36-,39+,40+,41?,42?,43?,44?,45-,46-/m1/s1. The first kappa shape index (κ1) is 55.1. The van der Waals surface area contributed by atoms with Crippen LogP contribution in [0.15, 0.2) is 24.3 Å². The van der Waals surface area contributed by atoms with Crippen molar-refractivity contribution in [3.63, 3.8) is 0 Å². The number of hydrogen-bond acceptors (Lipinski definition) is 15. The third-order valence-electron chi connectivity index (χ3n) is 11.2. The highest BCUT2D eigenvalue weighted by Crippen LogP contribution is 2.26. The van der Waals surface area contributed by atoms with E-state index < -0.39 is 92.7 Å². The van der Waals surface area contributed by atoms with E-state index in [1.165, 1.54) is 57.8 Å². The molecule has 2 aliphatic rings. The lowest BCUT2D eigenvalue weighted by molar-refractivity contribution is -0.332. The zero-order valence-corrected chi connectivity index (χ0v) is 37.1. The summed E-state index contributed by atoms with van der Waals surface area (Å²) >= 11 is 0. The number of hydrogen-bond donors (Lipinski definition) is 7. The van der Waals surface area contributed by atoms with E-state index in [1.807, 2.05) is 0 Å². The number of ether oxygens (including phenoxy) is 6. The number of aliphatic hydroxyl groups is 7. The van der Waals surface area contributed by atoms with Crippen LogP contribution in [0.5, 0.6) is 0 Å². The van der Waals surface area contributed by atoms with E-state index >= 15 is 0 Å². The first-order valence-electron chi connectivity index (χ1n) is 23.4. The highest BCUT2D eigenvalue weighted by atomic mass is 16.7. The number of unbranched alkanes of at least 4 members (excludes halogenated alkanes) is 17. The molecule has 2 fully saturated rings. The van der Waals surface area contributed by atoms with Crippen molar-refractivity contribution < 1.29 is 73.8 Å². The molecule has 2 saturated heterocycles. The largest absolute Gasteiger partial charge is 0.462 e. The number of allylic oxidation sites excluding steroid dienone is 4. The van der Waals surface area contributed by atoms with Gasteiger partial charge in [0, 0.05) is 12.8 Å². The SMILES string of the molecule is CCCC/C=C/C/C=C/CCCCCCCC(=O)OC[C@H](CO[C@@H]1O[C@H](CO[C@@H]2O[C@H](CO)[C@H](O)C(O)C2O)[C@H](O)C(O)C1O)OC(=O)CCCCCCCCCCCCC. The fraction of sp³-hybridized carbons (Fsp3) is 0.870. The van der Waals surface area contributed by atoms with Crippen LogP contribution in [0, 0.1) is 0 Å². The van der Waals surface area contributed by atoms with Gasteiger partial charge in [0.1, 0.15) is 55.4 Å². The molecule has 15 nitrogen and oxygen atoms in total. The second-order valence-electron chi connectivity index (χ2n) is 16.6. The van der Waals surface area contributed by atoms with Gasteiger partial charge in [-0.2, -0.15) is 0 Å². The Balaban J connectivity index is 1.85. The minimum atomic E-state index is -1.76. The van der Waals surface area contributed by atoms with E-state index in [9.17, 15) is 45.3 Å². The molecule has 7 N–H and O–H groups in total. The summed E-state index contributed by atoms with van der Waals surface area (Å²) in [5.74, 6) is -0.940. The lowest BCUT2D eigenvalue weighted by Crippen LogP contribution is -2.61. The highest BCUT2D eigenvalue weighted by molar-refractivity contribution is 5.70. The normalized spacial score (nSPS) is 27.5. The van der Waals surface area contributed by atoms with Gasteiger partial charge in [0.05, 0.1) is 19.8 Å². The zero-order valence-electron chi connectivity index (χ0n) is 37.1. The Bertz CT molecular complexity index is 1170. The predicted molar refractivity (Wildman–Crippen MR) is 229 cm³/mol. The van der Waals surface area contributed by atoms with E-state index in [0.29, 0.717) is 12.8 Å². The molecule has 15 heteroatoms. The van der Waals surface area contributed by atoms with Crippen LogP contribution in [0.1, 0.15) is 162 Å². The van der Waals surface area contributed by atoms with Crippen molar-refractivity contribution >= 4 is 11.9 Å². The van der Waals surface area contributed by atoms with E-state index in [2.05, 4.69) is 38.2 Å². The summed E-state index contributed by atoms with van der Waals surface area (Å²) in [5.41, 5.74) is 0. The Labute approximate surface area is 364 Å². The molecule has 4 unspecified atom stereocenters. The molecule has 61 heavy (non-hydrogen) atoms. The van der Waals surface area contributed by atoms with Crippen molar-refractivity contribution in [3.05, 3.63) is 24.3 Å². The molecular formula is C46H82O15. The van der Waals surface area contributed by atoms with Crippen molar-refractivity contribution in [1.29, 1.82) is 0 Å². The van der Waals surface area contributed by atoms with Crippen molar-refractivity contribution in [2.24, 2.45) is 0 Å².